The van der Waals surface area contributed by atoms with Crippen LogP contribution in [0.1, 0.15) is 6.92 Å². The molecule has 1 amide bonds. The number of anilines is 1. The number of carbonyl (C=O) groups is 1. The van der Waals surface area contributed by atoms with Crippen LogP contribution in [-0.4, -0.2) is 48.0 Å². The van der Waals surface area contributed by atoms with Crippen molar-refractivity contribution in [1.29, 1.82) is 0 Å². The zero-order valence-corrected chi connectivity index (χ0v) is 12.2. The van der Waals surface area contributed by atoms with Crippen LogP contribution in [-0.2, 0) is 4.79 Å². The van der Waals surface area contributed by atoms with E-state index in [1.807, 2.05) is 30.3 Å². The lowest BCUT2D eigenvalue weighted by atomic mass is 10.2. The van der Waals surface area contributed by atoms with Gasteiger partial charge >= 0.3 is 0 Å². The second-order valence-electron chi connectivity index (χ2n) is 5.51. The van der Waals surface area contributed by atoms with Crippen molar-refractivity contribution in [2.24, 2.45) is 0 Å². The molecule has 1 aliphatic rings. The van der Waals surface area contributed by atoms with Gasteiger partial charge in [0.05, 0.1) is 17.7 Å². The van der Waals surface area contributed by atoms with E-state index in [-0.39, 0.29) is 5.91 Å². The highest BCUT2D eigenvalue weighted by Gasteiger charge is 2.18. The molecule has 2 heterocycles. The fourth-order valence-electron chi connectivity index (χ4n) is 2.76. The molecule has 1 aliphatic heterocycles. The molecule has 1 unspecified atom stereocenters. The Kier molecular flexibility index (Phi) is 4.13. The molecule has 1 aromatic heterocycles. The smallest absolute Gasteiger partial charge is 0.238 e. The van der Waals surface area contributed by atoms with Crippen molar-refractivity contribution in [1.82, 2.24) is 15.2 Å². The standard InChI is InChI=1S/C16H20N4O/c1-12-10-20(9-8-17-12)11-16(21)19-15-6-2-5-14-13(15)4-3-7-18-14/h2-7,12,17H,8-11H2,1H3,(H,19,21). The third-order valence-corrected chi connectivity index (χ3v) is 3.74. The lowest BCUT2D eigenvalue weighted by Crippen LogP contribution is -2.51. The minimum atomic E-state index is 0.0282. The number of piperazine rings is 1. The average molecular weight is 284 g/mol. The monoisotopic (exact) mass is 284 g/mol. The Morgan fingerprint density at radius 2 is 2.33 bits per heavy atom. The molecule has 0 aliphatic carbocycles. The van der Waals surface area contributed by atoms with E-state index in [1.165, 1.54) is 0 Å². The number of carbonyl (C=O) groups excluding carboxylic acids is 1. The molecule has 110 valence electrons. The number of benzene rings is 1. The van der Waals surface area contributed by atoms with E-state index in [9.17, 15) is 4.79 Å². The van der Waals surface area contributed by atoms with E-state index in [4.69, 9.17) is 0 Å². The Morgan fingerprint density at radius 1 is 1.43 bits per heavy atom. The summed E-state index contributed by atoms with van der Waals surface area (Å²) in [4.78, 5) is 18.7. The molecular weight excluding hydrogens is 264 g/mol. The van der Waals surface area contributed by atoms with Crippen LogP contribution < -0.4 is 10.6 Å². The first-order valence-corrected chi connectivity index (χ1v) is 7.32. The zero-order valence-electron chi connectivity index (χ0n) is 12.2. The largest absolute Gasteiger partial charge is 0.324 e. The van der Waals surface area contributed by atoms with Crippen molar-refractivity contribution in [3.8, 4) is 0 Å². The van der Waals surface area contributed by atoms with Crippen molar-refractivity contribution in [3.63, 3.8) is 0 Å². The Bertz CT molecular complexity index is 638. The molecular formula is C16H20N4O. The second-order valence-corrected chi connectivity index (χ2v) is 5.51. The number of nitrogens with one attached hydrogen (secondary N) is 2. The molecule has 1 aromatic carbocycles. The Morgan fingerprint density at radius 3 is 3.19 bits per heavy atom. The summed E-state index contributed by atoms with van der Waals surface area (Å²) in [6, 6.07) is 10.1. The first kappa shape index (κ1) is 14.0. The zero-order chi connectivity index (χ0) is 14.7. The number of amides is 1. The molecule has 0 spiro atoms. The molecule has 21 heavy (non-hydrogen) atoms. The molecule has 5 heteroatoms. The van der Waals surface area contributed by atoms with Crippen LogP contribution in [0.5, 0.6) is 0 Å². The van der Waals surface area contributed by atoms with Gasteiger partial charge in [-0.25, -0.2) is 0 Å². The SMILES string of the molecule is CC1CN(CC(=O)Nc2cccc3ncccc23)CCN1. The lowest BCUT2D eigenvalue weighted by Gasteiger charge is -2.31. The maximum Gasteiger partial charge on any atom is 0.238 e. The first-order valence-electron chi connectivity index (χ1n) is 7.32. The minimum absolute atomic E-state index is 0.0282. The number of hydrogen-bond acceptors (Lipinski definition) is 4. The Labute approximate surface area is 124 Å². The summed E-state index contributed by atoms with van der Waals surface area (Å²) in [5, 5.41) is 7.36. The number of pyridine rings is 1. The summed E-state index contributed by atoms with van der Waals surface area (Å²) in [6.07, 6.45) is 1.76. The highest BCUT2D eigenvalue weighted by molar-refractivity contribution is 6.01. The topological polar surface area (TPSA) is 57.3 Å². The summed E-state index contributed by atoms with van der Waals surface area (Å²) < 4.78 is 0. The third kappa shape index (κ3) is 3.37. The third-order valence-electron chi connectivity index (χ3n) is 3.74. The van der Waals surface area contributed by atoms with E-state index in [2.05, 4.69) is 27.4 Å². The van der Waals surface area contributed by atoms with Crippen LogP contribution in [0.15, 0.2) is 36.5 Å². The van der Waals surface area contributed by atoms with E-state index < -0.39 is 0 Å². The van der Waals surface area contributed by atoms with Gasteiger partial charge < -0.3 is 10.6 Å². The molecule has 2 aromatic rings. The molecule has 0 radical (unpaired) electrons. The van der Waals surface area contributed by atoms with Gasteiger partial charge in [-0.2, -0.15) is 0 Å². The van der Waals surface area contributed by atoms with Gasteiger partial charge in [-0.05, 0) is 31.2 Å². The van der Waals surface area contributed by atoms with Crippen LogP contribution in [0.3, 0.4) is 0 Å². The van der Waals surface area contributed by atoms with Crippen LogP contribution >= 0.6 is 0 Å². The van der Waals surface area contributed by atoms with Gasteiger partial charge in [0, 0.05) is 37.3 Å². The summed E-state index contributed by atoms with van der Waals surface area (Å²) in [5.74, 6) is 0.0282. The van der Waals surface area contributed by atoms with Crippen molar-refractivity contribution >= 4 is 22.5 Å². The van der Waals surface area contributed by atoms with Crippen LogP contribution in [0.25, 0.3) is 10.9 Å². The van der Waals surface area contributed by atoms with Crippen molar-refractivity contribution in [2.75, 3.05) is 31.5 Å². The highest BCUT2D eigenvalue weighted by Crippen LogP contribution is 2.21. The Balaban J connectivity index is 1.69. The molecule has 2 N–H and O–H groups in total. The maximum absolute atomic E-state index is 12.2. The van der Waals surface area contributed by atoms with Crippen LogP contribution in [0.2, 0.25) is 0 Å². The van der Waals surface area contributed by atoms with Gasteiger partial charge in [0.2, 0.25) is 5.91 Å². The summed E-state index contributed by atoms with van der Waals surface area (Å²) in [7, 11) is 0. The van der Waals surface area contributed by atoms with Gasteiger partial charge in [-0.15, -0.1) is 0 Å². The maximum atomic E-state index is 12.2. The van der Waals surface area contributed by atoms with E-state index in [1.54, 1.807) is 6.20 Å². The van der Waals surface area contributed by atoms with E-state index >= 15 is 0 Å². The number of fused-ring (bicyclic) bond motifs is 1. The summed E-state index contributed by atoms with van der Waals surface area (Å²) >= 11 is 0. The molecule has 1 fully saturated rings. The fourth-order valence-corrected chi connectivity index (χ4v) is 2.76. The summed E-state index contributed by atoms with van der Waals surface area (Å²) in [5.41, 5.74) is 1.72. The molecule has 3 rings (SSSR count). The summed E-state index contributed by atoms with van der Waals surface area (Å²) in [6.45, 7) is 5.33. The number of rotatable bonds is 3. The molecule has 5 nitrogen and oxygen atoms in total. The Hall–Kier alpha value is -1.98. The van der Waals surface area contributed by atoms with Crippen LogP contribution in [0, 0.1) is 0 Å². The van der Waals surface area contributed by atoms with Crippen LogP contribution in [0.4, 0.5) is 5.69 Å². The predicted octanol–water partition coefficient (Wildman–Crippen LogP) is 1.47. The van der Waals surface area contributed by atoms with E-state index in [0.717, 1.165) is 36.2 Å². The van der Waals surface area contributed by atoms with Gasteiger partial charge in [-0.3, -0.25) is 14.7 Å². The predicted molar refractivity (Wildman–Crippen MR) is 84.3 cm³/mol. The van der Waals surface area contributed by atoms with Crippen molar-refractivity contribution in [3.05, 3.63) is 36.5 Å². The lowest BCUT2D eigenvalue weighted by molar-refractivity contribution is -0.117. The highest BCUT2D eigenvalue weighted by atomic mass is 16.2. The molecule has 1 atom stereocenters. The molecule has 0 saturated carbocycles. The fraction of sp³-hybridized carbons (Fsp3) is 0.375. The van der Waals surface area contributed by atoms with Gasteiger partial charge in [0.1, 0.15) is 0 Å². The molecule has 1 saturated heterocycles. The number of aromatic nitrogens is 1. The van der Waals surface area contributed by atoms with E-state index in [0.29, 0.717) is 12.6 Å². The number of nitrogens with zero attached hydrogens (tertiary/aromatic N) is 2. The normalized spacial score (nSPS) is 19.6. The second kappa shape index (κ2) is 6.20. The van der Waals surface area contributed by atoms with Gasteiger partial charge in [0.25, 0.3) is 0 Å². The van der Waals surface area contributed by atoms with Crippen molar-refractivity contribution < 1.29 is 4.79 Å². The average Bonchev–Trinajstić information content (AvgIpc) is 2.47. The van der Waals surface area contributed by atoms with Crippen molar-refractivity contribution in [2.45, 2.75) is 13.0 Å². The van der Waals surface area contributed by atoms with Gasteiger partial charge in [0.15, 0.2) is 0 Å². The minimum Gasteiger partial charge on any atom is -0.324 e. The van der Waals surface area contributed by atoms with Gasteiger partial charge in [-0.1, -0.05) is 6.07 Å². The molecule has 0 bridgehead atoms. The number of hydrogen-bond donors (Lipinski definition) is 2. The quantitative estimate of drug-likeness (QED) is 0.896. The first-order chi connectivity index (χ1) is 10.2.